The van der Waals surface area contributed by atoms with E-state index in [2.05, 4.69) is 9.47 Å². The van der Waals surface area contributed by atoms with Gasteiger partial charge >= 0.3 is 24.6 Å². The van der Waals surface area contributed by atoms with Crippen LogP contribution in [0.15, 0.2) is 48.5 Å². The van der Waals surface area contributed by atoms with Crippen LogP contribution in [0.1, 0.15) is 67.7 Å². The molecule has 0 aromatic heterocycles. The maximum Gasteiger partial charge on any atom is 0.432 e. The second-order valence-corrected chi connectivity index (χ2v) is 13.1. The summed E-state index contributed by atoms with van der Waals surface area (Å²) >= 11 is 0. The highest BCUT2D eigenvalue weighted by Crippen LogP contribution is 2.42. The van der Waals surface area contributed by atoms with Crippen molar-refractivity contribution in [1.82, 2.24) is 0 Å². The third-order valence-electron chi connectivity index (χ3n) is 8.42. The summed E-state index contributed by atoms with van der Waals surface area (Å²) < 4.78 is 267. The lowest BCUT2D eigenvalue weighted by molar-refractivity contribution is -0.190. The van der Waals surface area contributed by atoms with Crippen molar-refractivity contribution in [2.45, 2.75) is 70.0 Å². The maximum atomic E-state index is 14.6. The van der Waals surface area contributed by atoms with Crippen LogP contribution >= 0.6 is 0 Å². The number of benzene rings is 4. The Morgan fingerprint density at radius 3 is 0.900 bits per heavy atom. The minimum atomic E-state index is -5.52. The lowest BCUT2D eigenvalue weighted by Gasteiger charge is -2.20. The van der Waals surface area contributed by atoms with Crippen molar-refractivity contribution in [1.29, 1.82) is 0 Å². The standard InChI is InChI=1S/C38H28F18O4/c1-18(6-2-4-8-57-19-10-27(43)33(28(44)11-19)37(53,54)59-21-14-23(39)31(24(40)15-21)35(47,48)49)7-3-5-9-58-20-12-29(45)34(30(46)13-20)38(55,56)60-22-16-25(41)32(26(42)17-22)36(50,51)52/h10-18H,2-9H2,1H3. The number of rotatable bonds is 18. The van der Waals surface area contributed by atoms with E-state index in [-0.39, 0.29) is 43.4 Å². The summed E-state index contributed by atoms with van der Waals surface area (Å²) in [7, 11) is 0. The molecule has 0 amide bonds. The third-order valence-corrected chi connectivity index (χ3v) is 8.42. The molecular formula is C38H28F18O4. The zero-order chi connectivity index (χ0) is 45.0. The summed E-state index contributed by atoms with van der Waals surface area (Å²) in [6.07, 6.45) is -18.1. The monoisotopic (exact) mass is 890 g/mol. The molecule has 4 aromatic rings. The number of ether oxygens (including phenoxy) is 4. The van der Waals surface area contributed by atoms with E-state index in [4.69, 9.17) is 9.47 Å². The van der Waals surface area contributed by atoms with Gasteiger partial charge in [-0.05, 0) is 31.6 Å². The Balaban J connectivity index is 1.19. The molecule has 4 nitrogen and oxygen atoms in total. The zero-order valence-corrected chi connectivity index (χ0v) is 30.3. The molecule has 0 heterocycles. The summed E-state index contributed by atoms with van der Waals surface area (Å²) in [6, 6.07) is 0.560. The van der Waals surface area contributed by atoms with E-state index >= 15 is 0 Å². The van der Waals surface area contributed by atoms with Crippen molar-refractivity contribution in [2.75, 3.05) is 13.2 Å². The van der Waals surface area contributed by atoms with Crippen LogP contribution in [0.25, 0.3) is 0 Å². The zero-order valence-electron chi connectivity index (χ0n) is 30.3. The fourth-order valence-electron chi connectivity index (χ4n) is 5.69. The second-order valence-electron chi connectivity index (χ2n) is 13.1. The molecule has 0 N–H and O–H groups in total. The van der Waals surface area contributed by atoms with Gasteiger partial charge in [-0.2, -0.15) is 43.9 Å². The van der Waals surface area contributed by atoms with Crippen LogP contribution in [0.5, 0.6) is 23.0 Å². The van der Waals surface area contributed by atoms with Crippen molar-refractivity contribution in [3.63, 3.8) is 0 Å². The second kappa shape index (κ2) is 18.6. The Labute approximate surface area is 327 Å². The summed E-state index contributed by atoms with van der Waals surface area (Å²) in [5.74, 6) is -20.8. The SMILES string of the molecule is CC(CCCCOc1cc(F)c(C(F)(F)Oc2cc(F)c(C(F)(F)F)c(F)c2)c(F)c1)CCCCOc1cc(F)c(C(F)(F)Oc2cc(F)c(C(F)(F)F)c(F)c2)c(F)c1. The fraction of sp³-hybridized carbons (Fsp3) is 0.368. The highest BCUT2D eigenvalue weighted by atomic mass is 19.4. The largest absolute Gasteiger partial charge is 0.493 e. The van der Waals surface area contributed by atoms with Gasteiger partial charge in [0.05, 0.1) is 13.2 Å². The van der Waals surface area contributed by atoms with Crippen LogP contribution in [-0.2, 0) is 24.6 Å². The molecule has 0 atom stereocenters. The van der Waals surface area contributed by atoms with E-state index < -0.39 is 116 Å². The predicted octanol–water partition coefficient (Wildman–Crippen LogP) is 13.5. The molecule has 0 aliphatic heterocycles. The first-order valence-electron chi connectivity index (χ1n) is 17.2. The average molecular weight is 891 g/mol. The van der Waals surface area contributed by atoms with Gasteiger partial charge in [0.1, 0.15) is 91.8 Å². The van der Waals surface area contributed by atoms with E-state index in [1.165, 1.54) is 0 Å². The van der Waals surface area contributed by atoms with Gasteiger partial charge in [0.15, 0.2) is 0 Å². The molecule has 22 heteroatoms. The van der Waals surface area contributed by atoms with Crippen LogP contribution in [0.4, 0.5) is 79.0 Å². The molecule has 0 saturated carbocycles. The van der Waals surface area contributed by atoms with E-state index in [9.17, 15) is 79.0 Å². The molecule has 0 aliphatic carbocycles. The Kier molecular flexibility index (Phi) is 14.7. The highest BCUT2D eigenvalue weighted by molar-refractivity contribution is 5.37. The third kappa shape index (κ3) is 12.0. The van der Waals surface area contributed by atoms with E-state index in [1.54, 1.807) is 0 Å². The molecule has 0 aliphatic rings. The number of halogens is 18. The van der Waals surface area contributed by atoms with Gasteiger partial charge in [-0.1, -0.05) is 19.8 Å². The topological polar surface area (TPSA) is 36.9 Å². The van der Waals surface area contributed by atoms with Crippen LogP contribution in [0.2, 0.25) is 0 Å². The van der Waals surface area contributed by atoms with Gasteiger partial charge in [0.2, 0.25) is 0 Å². The predicted molar refractivity (Wildman–Crippen MR) is 172 cm³/mol. The molecule has 0 spiro atoms. The molecule has 0 unspecified atom stereocenters. The smallest absolute Gasteiger partial charge is 0.432 e. The summed E-state index contributed by atoms with van der Waals surface area (Å²) in [5, 5.41) is 0. The Morgan fingerprint density at radius 1 is 0.383 bits per heavy atom. The molecule has 4 rings (SSSR count). The molecule has 4 aromatic carbocycles. The lowest BCUT2D eigenvalue weighted by atomic mass is 9.98. The van der Waals surface area contributed by atoms with Crippen molar-refractivity contribution < 1.29 is 98.0 Å². The van der Waals surface area contributed by atoms with Crippen LogP contribution in [0.3, 0.4) is 0 Å². The summed E-state index contributed by atoms with van der Waals surface area (Å²) in [4.78, 5) is 0. The fourth-order valence-corrected chi connectivity index (χ4v) is 5.69. The summed E-state index contributed by atoms with van der Waals surface area (Å²) in [5.41, 5.74) is -8.81. The van der Waals surface area contributed by atoms with Gasteiger partial charge in [-0.3, -0.25) is 0 Å². The van der Waals surface area contributed by atoms with Crippen molar-refractivity contribution in [3.8, 4) is 23.0 Å². The van der Waals surface area contributed by atoms with Crippen LogP contribution < -0.4 is 18.9 Å². The summed E-state index contributed by atoms with van der Waals surface area (Å²) in [6.45, 7) is 1.60. The Morgan fingerprint density at radius 2 is 0.633 bits per heavy atom. The average Bonchev–Trinajstić information content (AvgIpc) is 3.04. The van der Waals surface area contributed by atoms with Crippen molar-refractivity contribution in [3.05, 3.63) is 117 Å². The van der Waals surface area contributed by atoms with E-state index in [1.807, 2.05) is 6.92 Å². The van der Waals surface area contributed by atoms with Gasteiger partial charge in [-0.25, -0.2) is 35.1 Å². The number of alkyl halides is 10. The Hall–Kier alpha value is -5.18. The molecule has 60 heavy (non-hydrogen) atoms. The highest BCUT2D eigenvalue weighted by Gasteiger charge is 2.45. The molecule has 0 radical (unpaired) electrons. The maximum absolute atomic E-state index is 14.6. The Bertz CT molecular complexity index is 1890. The van der Waals surface area contributed by atoms with Crippen LogP contribution in [-0.4, -0.2) is 13.2 Å². The first-order chi connectivity index (χ1) is 27.7. The number of hydrogen-bond donors (Lipinski definition) is 0. The van der Waals surface area contributed by atoms with Crippen molar-refractivity contribution in [2.24, 2.45) is 5.92 Å². The van der Waals surface area contributed by atoms with Gasteiger partial charge < -0.3 is 18.9 Å². The van der Waals surface area contributed by atoms with Gasteiger partial charge in [-0.15, -0.1) is 0 Å². The molecule has 0 saturated heterocycles. The number of unbranched alkanes of at least 4 members (excludes halogenated alkanes) is 2. The molecular weight excluding hydrogens is 862 g/mol. The first-order valence-corrected chi connectivity index (χ1v) is 17.2. The normalized spacial score (nSPS) is 12.6. The minimum absolute atomic E-state index is 0.0797. The van der Waals surface area contributed by atoms with Gasteiger partial charge in [0, 0.05) is 48.5 Å². The van der Waals surface area contributed by atoms with Crippen molar-refractivity contribution >= 4 is 0 Å². The van der Waals surface area contributed by atoms with E-state index in [0.717, 1.165) is 0 Å². The first kappa shape index (κ1) is 47.5. The van der Waals surface area contributed by atoms with E-state index in [0.29, 0.717) is 62.8 Å². The van der Waals surface area contributed by atoms with Crippen LogP contribution in [0, 0.1) is 52.5 Å². The lowest BCUT2D eigenvalue weighted by Crippen LogP contribution is -2.25. The van der Waals surface area contributed by atoms with Gasteiger partial charge in [0.25, 0.3) is 0 Å². The molecule has 0 bridgehead atoms. The minimum Gasteiger partial charge on any atom is -0.493 e. The molecule has 330 valence electrons. The number of hydrogen-bond acceptors (Lipinski definition) is 4. The molecule has 0 fully saturated rings. The quantitative estimate of drug-likeness (QED) is 0.0737.